The van der Waals surface area contributed by atoms with Crippen LogP contribution in [0.15, 0.2) is 33.4 Å². The third-order valence-corrected chi connectivity index (χ3v) is 2.11. The van der Waals surface area contributed by atoms with Crippen molar-refractivity contribution < 1.29 is 8.83 Å². The van der Waals surface area contributed by atoms with Crippen LogP contribution in [-0.4, -0.2) is 10.9 Å². The second kappa shape index (κ2) is 4.33. The molecule has 0 amide bonds. The van der Waals surface area contributed by atoms with Gasteiger partial charge in [-0.2, -0.15) is 0 Å². The van der Waals surface area contributed by atoms with Crippen LogP contribution in [0.4, 0.5) is 0 Å². The van der Waals surface area contributed by atoms with Crippen molar-refractivity contribution in [2.45, 2.75) is 12.8 Å². The third-order valence-electron chi connectivity index (χ3n) is 1.84. The van der Waals surface area contributed by atoms with Gasteiger partial charge < -0.3 is 8.83 Å². The predicted molar refractivity (Wildman–Crippen MR) is 53.2 cm³/mol. The van der Waals surface area contributed by atoms with Crippen LogP contribution in [-0.2, 0) is 6.42 Å². The molecule has 3 nitrogen and oxygen atoms in total. The van der Waals surface area contributed by atoms with E-state index in [2.05, 4.69) is 4.98 Å². The predicted octanol–water partition coefficient (Wildman–Crippen LogP) is 3.11. The Morgan fingerprint density at radius 2 is 2.29 bits per heavy atom. The Bertz CT molecular complexity index is 380. The van der Waals surface area contributed by atoms with Crippen molar-refractivity contribution >= 4 is 11.6 Å². The van der Waals surface area contributed by atoms with Crippen LogP contribution in [0, 0.1) is 0 Å². The highest BCUT2D eigenvalue weighted by molar-refractivity contribution is 6.17. The molecule has 0 bridgehead atoms. The molecule has 14 heavy (non-hydrogen) atoms. The number of halogens is 1. The highest BCUT2D eigenvalue weighted by Gasteiger charge is 2.07. The minimum Gasteiger partial charge on any atom is -0.461 e. The molecule has 0 aromatic carbocycles. The molecular formula is C10H10ClNO2. The van der Waals surface area contributed by atoms with Crippen molar-refractivity contribution in [3.05, 3.63) is 30.5 Å². The van der Waals surface area contributed by atoms with E-state index in [-0.39, 0.29) is 0 Å². The first-order chi connectivity index (χ1) is 6.90. The Morgan fingerprint density at radius 1 is 1.36 bits per heavy atom. The lowest BCUT2D eigenvalue weighted by atomic mass is 10.3. The van der Waals surface area contributed by atoms with E-state index in [9.17, 15) is 0 Å². The molecule has 2 aromatic heterocycles. The van der Waals surface area contributed by atoms with Crippen molar-refractivity contribution in [3.63, 3.8) is 0 Å². The molecule has 0 fully saturated rings. The highest BCUT2D eigenvalue weighted by atomic mass is 35.5. The molecule has 0 atom stereocenters. The first-order valence-electron chi connectivity index (χ1n) is 4.44. The zero-order valence-corrected chi connectivity index (χ0v) is 8.33. The average molecular weight is 212 g/mol. The molecule has 0 aliphatic rings. The van der Waals surface area contributed by atoms with Gasteiger partial charge in [0.1, 0.15) is 0 Å². The van der Waals surface area contributed by atoms with Gasteiger partial charge in [0.15, 0.2) is 17.4 Å². The molecule has 0 N–H and O–H groups in total. The van der Waals surface area contributed by atoms with Gasteiger partial charge in [-0.15, -0.1) is 11.6 Å². The van der Waals surface area contributed by atoms with Crippen molar-refractivity contribution in [1.29, 1.82) is 0 Å². The fraction of sp³-hybridized carbons (Fsp3) is 0.300. The van der Waals surface area contributed by atoms with Crippen molar-refractivity contribution in [2.75, 3.05) is 5.88 Å². The lowest BCUT2D eigenvalue weighted by Crippen LogP contribution is -1.84. The topological polar surface area (TPSA) is 39.2 Å². The number of rotatable bonds is 4. The Kier molecular flexibility index (Phi) is 2.89. The number of alkyl halides is 1. The van der Waals surface area contributed by atoms with Gasteiger partial charge in [0.25, 0.3) is 0 Å². The van der Waals surface area contributed by atoms with E-state index in [0.717, 1.165) is 12.8 Å². The van der Waals surface area contributed by atoms with E-state index in [4.69, 9.17) is 20.4 Å². The van der Waals surface area contributed by atoms with Gasteiger partial charge in [-0.3, -0.25) is 0 Å². The van der Waals surface area contributed by atoms with Gasteiger partial charge in [0.2, 0.25) is 0 Å². The maximum atomic E-state index is 5.57. The number of hydrogen-bond donors (Lipinski definition) is 0. The van der Waals surface area contributed by atoms with Crippen LogP contribution >= 0.6 is 11.6 Å². The third kappa shape index (κ3) is 1.99. The molecule has 0 saturated heterocycles. The molecular weight excluding hydrogens is 202 g/mol. The summed E-state index contributed by atoms with van der Waals surface area (Å²) in [5.41, 5.74) is 0. The maximum Gasteiger partial charge on any atom is 0.195 e. The number of nitrogens with zero attached hydrogens (tertiary/aromatic N) is 1. The molecule has 0 radical (unpaired) electrons. The van der Waals surface area contributed by atoms with Crippen LogP contribution in [0.5, 0.6) is 0 Å². The fourth-order valence-corrected chi connectivity index (χ4v) is 1.31. The number of aromatic nitrogens is 1. The monoisotopic (exact) mass is 211 g/mol. The van der Waals surface area contributed by atoms with Crippen molar-refractivity contribution in [2.24, 2.45) is 0 Å². The molecule has 2 heterocycles. The number of aryl methyl sites for hydroxylation is 1. The zero-order valence-electron chi connectivity index (χ0n) is 7.57. The molecule has 4 heteroatoms. The summed E-state index contributed by atoms with van der Waals surface area (Å²) in [6.07, 6.45) is 4.92. The summed E-state index contributed by atoms with van der Waals surface area (Å²) in [5, 5.41) is 0. The minimum absolute atomic E-state index is 0.623. The summed E-state index contributed by atoms with van der Waals surface area (Å²) < 4.78 is 10.6. The van der Waals surface area contributed by atoms with Gasteiger partial charge in [-0.1, -0.05) is 0 Å². The maximum absolute atomic E-state index is 5.57. The molecule has 2 rings (SSSR count). The SMILES string of the molecule is ClCCCc1ncc(-c2ccco2)o1. The van der Waals surface area contributed by atoms with Crippen molar-refractivity contribution in [3.8, 4) is 11.5 Å². The Balaban J connectivity index is 2.10. The van der Waals surface area contributed by atoms with Crippen LogP contribution in [0.3, 0.4) is 0 Å². The largest absolute Gasteiger partial charge is 0.461 e. The summed E-state index contributed by atoms with van der Waals surface area (Å²) in [6, 6.07) is 3.65. The second-order valence-corrected chi connectivity index (χ2v) is 3.27. The van der Waals surface area contributed by atoms with E-state index in [1.165, 1.54) is 0 Å². The summed E-state index contributed by atoms with van der Waals surface area (Å²) in [5.74, 6) is 2.70. The van der Waals surface area contributed by atoms with Gasteiger partial charge in [-0.05, 0) is 18.6 Å². The van der Waals surface area contributed by atoms with Crippen LogP contribution < -0.4 is 0 Å². The van der Waals surface area contributed by atoms with E-state index in [1.54, 1.807) is 12.5 Å². The van der Waals surface area contributed by atoms with Gasteiger partial charge in [-0.25, -0.2) is 4.98 Å². The molecule has 2 aromatic rings. The first kappa shape index (κ1) is 9.34. The molecule has 0 spiro atoms. The van der Waals surface area contributed by atoms with Crippen LogP contribution in [0.1, 0.15) is 12.3 Å². The smallest absolute Gasteiger partial charge is 0.195 e. The summed E-state index contributed by atoms with van der Waals surface area (Å²) >= 11 is 5.57. The van der Waals surface area contributed by atoms with Gasteiger partial charge >= 0.3 is 0 Å². The van der Waals surface area contributed by atoms with E-state index in [0.29, 0.717) is 23.3 Å². The number of oxazole rings is 1. The molecule has 0 unspecified atom stereocenters. The lowest BCUT2D eigenvalue weighted by Gasteiger charge is -1.90. The second-order valence-electron chi connectivity index (χ2n) is 2.89. The zero-order chi connectivity index (χ0) is 9.80. The Morgan fingerprint density at radius 3 is 3.00 bits per heavy atom. The fourth-order valence-electron chi connectivity index (χ4n) is 1.18. The first-order valence-corrected chi connectivity index (χ1v) is 4.98. The Hall–Kier alpha value is -1.22. The standard InChI is InChI=1S/C10H10ClNO2/c11-5-1-4-10-12-7-9(14-10)8-3-2-6-13-8/h2-3,6-7H,1,4-5H2. The van der Waals surface area contributed by atoms with Crippen LogP contribution in [0.25, 0.3) is 11.5 Å². The minimum atomic E-state index is 0.623. The summed E-state index contributed by atoms with van der Waals surface area (Å²) in [6.45, 7) is 0. The van der Waals surface area contributed by atoms with Crippen LogP contribution in [0.2, 0.25) is 0 Å². The normalized spacial score (nSPS) is 10.6. The highest BCUT2D eigenvalue weighted by Crippen LogP contribution is 2.20. The number of hydrogen-bond acceptors (Lipinski definition) is 3. The molecule has 0 aliphatic heterocycles. The number of furan rings is 1. The van der Waals surface area contributed by atoms with E-state index < -0.39 is 0 Å². The Labute approximate surface area is 86.7 Å². The summed E-state index contributed by atoms with van der Waals surface area (Å²) in [4.78, 5) is 4.12. The lowest BCUT2D eigenvalue weighted by molar-refractivity contribution is 0.480. The van der Waals surface area contributed by atoms with E-state index in [1.807, 2.05) is 12.1 Å². The average Bonchev–Trinajstić information content (AvgIpc) is 2.85. The van der Waals surface area contributed by atoms with Gasteiger partial charge in [0, 0.05) is 12.3 Å². The quantitative estimate of drug-likeness (QED) is 0.730. The van der Waals surface area contributed by atoms with Crippen molar-refractivity contribution in [1.82, 2.24) is 4.98 Å². The molecule has 74 valence electrons. The summed E-state index contributed by atoms with van der Waals surface area (Å²) in [7, 11) is 0. The van der Waals surface area contributed by atoms with E-state index >= 15 is 0 Å². The molecule has 0 saturated carbocycles. The van der Waals surface area contributed by atoms with Gasteiger partial charge in [0.05, 0.1) is 12.5 Å². The molecule has 0 aliphatic carbocycles.